The molecule has 38 heavy (non-hydrogen) atoms. The van der Waals surface area contributed by atoms with E-state index in [0.717, 1.165) is 12.7 Å². The van der Waals surface area contributed by atoms with E-state index in [9.17, 15) is 28.2 Å². The Balaban J connectivity index is 1.51. The van der Waals surface area contributed by atoms with Crippen molar-refractivity contribution in [2.75, 3.05) is 43.5 Å². The number of sulfonamides is 1. The molecule has 1 fully saturated rings. The van der Waals surface area contributed by atoms with Crippen LogP contribution in [0, 0.1) is 0 Å². The minimum atomic E-state index is -3.20. The summed E-state index contributed by atoms with van der Waals surface area (Å²) in [7, 11) is -3.20. The number of hydrogen-bond donors (Lipinski definition) is 7. The van der Waals surface area contributed by atoms with Gasteiger partial charge in [0, 0.05) is 32.6 Å². The number of carbonyl (C=O) groups excluding carboxylic acids is 2. The van der Waals surface area contributed by atoms with Crippen LogP contribution in [0.1, 0.15) is 38.8 Å². The molecule has 3 heterocycles. The summed E-state index contributed by atoms with van der Waals surface area (Å²) in [5.74, 6) is -0.463. The predicted octanol–water partition coefficient (Wildman–Crippen LogP) is -2.20. The first-order chi connectivity index (χ1) is 18.0. The van der Waals surface area contributed by atoms with Crippen LogP contribution in [-0.4, -0.2) is 101 Å². The van der Waals surface area contributed by atoms with Gasteiger partial charge in [0.15, 0.2) is 23.8 Å². The molecule has 2 amide bonds. The van der Waals surface area contributed by atoms with Gasteiger partial charge in [0.2, 0.25) is 21.9 Å². The van der Waals surface area contributed by atoms with E-state index in [4.69, 9.17) is 10.5 Å². The van der Waals surface area contributed by atoms with Gasteiger partial charge in [-0.25, -0.2) is 18.1 Å². The second kappa shape index (κ2) is 13.1. The van der Waals surface area contributed by atoms with Crippen LogP contribution in [0.4, 0.5) is 11.8 Å². The molecule has 3 rings (SSSR count). The molecular formula is C21H35N9O7S. The van der Waals surface area contributed by atoms with E-state index < -0.39 is 40.5 Å². The number of rotatable bonds is 14. The van der Waals surface area contributed by atoms with Crippen molar-refractivity contribution >= 4 is 44.8 Å². The van der Waals surface area contributed by atoms with E-state index in [1.165, 1.54) is 10.9 Å². The zero-order valence-electron chi connectivity index (χ0n) is 21.3. The molecule has 16 nitrogen and oxygen atoms in total. The van der Waals surface area contributed by atoms with Crippen LogP contribution < -0.4 is 26.4 Å². The zero-order chi connectivity index (χ0) is 27.9. The lowest BCUT2D eigenvalue weighted by Crippen LogP contribution is -2.42. The Bertz CT molecular complexity index is 1220. The van der Waals surface area contributed by atoms with Gasteiger partial charge in [-0.3, -0.25) is 14.2 Å². The number of nitrogens with one attached hydrogen (secondary N) is 4. The second-order valence-electron chi connectivity index (χ2n) is 8.83. The minimum absolute atomic E-state index is 0.0685. The number of unbranched alkanes of at least 4 members (excludes halogenated alkanes) is 2. The average molecular weight is 558 g/mol. The maximum atomic E-state index is 12.2. The number of ether oxygens (including phenoxy) is 1. The SMILES string of the molecule is CCNC(=O)C1OC(n2cnc3c(N)nc(NCCNC(=O)CCCCCNS(C)(=O)=O)nc32)C(O)C1O. The highest BCUT2D eigenvalue weighted by Crippen LogP contribution is 2.32. The molecular weight excluding hydrogens is 522 g/mol. The maximum absolute atomic E-state index is 12.2. The number of amides is 2. The van der Waals surface area contributed by atoms with Crippen molar-refractivity contribution in [1.82, 2.24) is 34.9 Å². The number of nitrogens with two attached hydrogens (primary N) is 1. The van der Waals surface area contributed by atoms with Gasteiger partial charge < -0.3 is 36.6 Å². The molecule has 0 aromatic carbocycles. The number of nitrogen functional groups attached to an aromatic ring is 1. The van der Waals surface area contributed by atoms with Crippen LogP contribution in [0.5, 0.6) is 0 Å². The molecule has 0 radical (unpaired) electrons. The summed E-state index contributed by atoms with van der Waals surface area (Å²) < 4.78 is 31.4. The molecule has 4 atom stereocenters. The Morgan fingerprint density at radius 1 is 1.11 bits per heavy atom. The number of likely N-dealkylation sites (N-methyl/N-ethyl adjacent to an activating group) is 1. The molecule has 2 aromatic heterocycles. The summed E-state index contributed by atoms with van der Waals surface area (Å²) in [6.45, 7) is 2.99. The molecule has 0 bridgehead atoms. The Morgan fingerprint density at radius 2 is 1.87 bits per heavy atom. The van der Waals surface area contributed by atoms with Gasteiger partial charge in [-0.1, -0.05) is 6.42 Å². The Kier molecular flexibility index (Phi) is 10.1. The largest absolute Gasteiger partial charge is 0.387 e. The summed E-state index contributed by atoms with van der Waals surface area (Å²) in [5, 5.41) is 29.1. The van der Waals surface area contributed by atoms with Crippen LogP contribution in [0.2, 0.25) is 0 Å². The van der Waals surface area contributed by atoms with Gasteiger partial charge in [-0.15, -0.1) is 0 Å². The molecule has 1 saturated heterocycles. The number of nitrogens with zero attached hydrogens (tertiary/aromatic N) is 4. The van der Waals surface area contributed by atoms with Crippen LogP contribution in [-0.2, 0) is 24.3 Å². The Morgan fingerprint density at radius 3 is 2.58 bits per heavy atom. The molecule has 17 heteroatoms. The van der Waals surface area contributed by atoms with Crippen LogP contribution >= 0.6 is 0 Å². The van der Waals surface area contributed by atoms with E-state index in [0.29, 0.717) is 45.4 Å². The third-order valence-corrected chi connectivity index (χ3v) is 6.47. The first-order valence-corrected chi connectivity index (χ1v) is 14.2. The fourth-order valence-electron chi connectivity index (χ4n) is 3.89. The van der Waals surface area contributed by atoms with Crippen molar-refractivity contribution in [3.05, 3.63) is 6.33 Å². The normalized spacial score (nSPS) is 21.5. The molecule has 212 valence electrons. The third-order valence-electron chi connectivity index (χ3n) is 5.75. The first kappa shape index (κ1) is 29.4. The number of carbonyl (C=O) groups is 2. The van der Waals surface area contributed by atoms with Gasteiger partial charge in [0.25, 0.3) is 5.91 Å². The van der Waals surface area contributed by atoms with Crippen molar-refractivity contribution < 1.29 is 33.0 Å². The molecule has 0 aliphatic carbocycles. The highest BCUT2D eigenvalue weighted by Gasteiger charge is 2.47. The number of aliphatic hydroxyl groups excluding tert-OH is 2. The molecule has 0 saturated carbocycles. The molecule has 1 aliphatic rings. The van der Waals surface area contributed by atoms with Gasteiger partial charge in [-0.05, 0) is 19.8 Å². The molecule has 1 aliphatic heterocycles. The van der Waals surface area contributed by atoms with E-state index in [1.807, 2.05) is 0 Å². The van der Waals surface area contributed by atoms with Gasteiger partial charge in [-0.2, -0.15) is 9.97 Å². The van der Waals surface area contributed by atoms with Crippen molar-refractivity contribution in [2.24, 2.45) is 0 Å². The van der Waals surface area contributed by atoms with Gasteiger partial charge in [0.1, 0.15) is 17.7 Å². The topological polar surface area (TPSA) is 236 Å². The Hall–Kier alpha value is -3.12. The van der Waals surface area contributed by atoms with Crippen molar-refractivity contribution in [3.63, 3.8) is 0 Å². The first-order valence-electron chi connectivity index (χ1n) is 12.3. The fraction of sp³-hybridized carbons (Fsp3) is 0.667. The van der Waals surface area contributed by atoms with E-state index in [2.05, 4.69) is 35.6 Å². The molecule has 2 aromatic rings. The average Bonchev–Trinajstić information content (AvgIpc) is 3.39. The van der Waals surface area contributed by atoms with Crippen LogP contribution in [0.15, 0.2) is 6.33 Å². The number of aliphatic hydroxyl groups is 2. The predicted molar refractivity (Wildman–Crippen MR) is 137 cm³/mol. The van der Waals surface area contributed by atoms with Crippen LogP contribution in [0.25, 0.3) is 11.2 Å². The van der Waals surface area contributed by atoms with E-state index in [-0.39, 0.29) is 28.8 Å². The minimum Gasteiger partial charge on any atom is -0.387 e. The fourth-order valence-corrected chi connectivity index (χ4v) is 4.41. The number of hydrogen-bond acceptors (Lipinski definition) is 12. The summed E-state index contributed by atoms with van der Waals surface area (Å²) in [6.07, 6.45) is -0.516. The maximum Gasteiger partial charge on any atom is 0.252 e. The van der Waals surface area contributed by atoms with Crippen molar-refractivity contribution in [2.45, 2.75) is 57.1 Å². The summed E-state index contributed by atoms with van der Waals surface area (Å²) in [4.78, 5) is 36.9. The van der Waals surface area contributed by atoms with Crippen molar-refractivity contribution in [1.29, 1.82) is 0 Å². The summed E-state index contributed by atoms with van der Waals surface area (Å²) in [5.41, 5.74) is 6.50. The summed E-state index contributed by atoms with van der Waals surface area (Å²) >= 11 is 0. The second-order valence-corrected chi connectivity index (χ2v) is 10.7. The highest BCUT2D eigenvalue weighted by molar-refractivity contribution is 7.88. The van der Waals surface area contributed by atoms with E-state index in [1.54, 1.807) is 6.92 Å². The highest BCUT2D eigenvalue weighted by atomic mass is 32.2. The number of fused-ring (bicyclic) bond motifs is 1. The van der Waals surface area contributed by atoms with Gasteiger partial charge >= 0.3 is 0 Å². The zero-order valence-corrected chi connectivity index (χ0v) is 22.1. The quantitative estimate of drug-likeness (QED) is 0.123. The van der Waals surface area contributed by atoms with Crippen molar-refractivity contribution in [3.8, 4) is 0 Å². The standard InChI is InChI=1S/C21H35N9O7S/c1-3-23-19(34)16-14(32)15(33)20(37-16)30-11-26-13-17(22)28-21(29-18(13)30)25-10-9-24-12(31)7-5-4-6-8-27-38(2,35)36/h11,14-16,20,27,32-33H,3-10H2,1-2H3,(H,23,34)(H,24,31)(H3,22,25,28,29). The number of imidazole rings is 1. The molecule has 8 N–H and O–H groups in total. The monoisotopic (exact) mass is 557 g/mol. The number of anilines is 2. The van der Waals surface area contributed by atoms with Crippen LogP contribution in [0.3, 0.4) is 0 Å². The lowest BCUT2D eigenvalue weighted by Gasteiger charge is -2.16. The number of aromatic nitrogens is 4. The smallest absolute Gasteiger partial charge is 0.252 e. The van der Waals surface area contributed by atoms with Gasteiger partial charge in [0.05, 0.1) is 12.6 Å². The lowest BCUT2D eigenvalue weighted by atomic mass is 10.1. The summed E-state index contributed by atoms with van der Waals surface area (Å²) in [6, 6.07) is 0. The third kappa shape index (κ3) is 7.70. The van der Waals surface area contributed by atoms with E-state index >= 15 is 0 Å². The Labute approximate surface area is 219 Å². The molecule has 0 spiro atoms. The molecule has 4 unspecified atom stereocenters. The lowest BCUT2D eigenvalue weighted by molar-refractivity contribution is -0.137.